The highest BCUT2D eigenvalue weighted by atomic mass is 32.2. The SMILES string of the molecule is CNC(=O)NC(=O)[C@H](C)OC(=O)CSc1ccc(C)cc1C. The number of benzene rings is 1. The van der Waals surface area contributed by atoms with E-state index in [0.717, 1.165) is 16.0 Å². The van der Waals surface area contributed by atoms with Crippen LogP contribution in [-0.2, 0) is 14.3 Å². The van der Waals surface area contributed by atoms with Crippen molar-refractivity contribution in [2.75, 3.05) is 12.8 Å². The smallest absolute Gasteiger partial charge is 0.321 e. The zero-order valence-electron chi connectivity index (χ0n) is 13.1. The fourth-order valence-electron chi connectivity index (χ4n) is 1.66. The van der Waals surface area contributed by atoms with E-state index in [1.807, 2.05) is 32.0 Å². The summed E-state index contributed by atoms with van der Waals surface area (Å²) in [4.78, 5) is 35.3. The highest BCUT2D eigenvalue weighted by Crippen LogP contribution is 2.23. The lowest BCUT2D eigenvalue weighted by Crippen LogP contribution is -2.43. The Morgan fingerprint density at radius 1 is 1.27 bits per heavy atom. The minimum Gasteiger partial charge on any atom is -0.452 e. The number of carbonyl (C=O) groups excluding carboxylic acids is 3. The molecule has 0 aliphatic rings. The molecule has 1 rings (SSSR count). The predicted octanol–water partition coefficient (Wildman–Crippen LogP) is 1.78. The fraction of sp³-hybridized carbons (Fsp3) is 0.400. The van der Waals surface area contributed by atoms with Crippen LogP contribution >= 0.6 is 11.8 Å². The molecule has 0 radical (unpaired) electrons. The summed E-state index contributed by atoms with van der Waals surface area (Å²) in [6.07, 6.45) is -1.02. The highest BCUT2D eigenvalue weighted by molar-refractivity contribution is 8.00. The Hall–Kier alpha value is -2.02. The van der Waals surface area contributed by atoms with Gasteiger partial charge in [-0.25, -0.2) is 4.79 Å². The molecule has 0 aliphatic heterocycles. The lowest BCUT2D eigenvalue weighted by molar-refractivity contribution is -0.151. The normalized spacial score (nSPS) is 11.5. The van der Waals surface area contributed by atoms with Gasteiger partial charge in [-0.05, 0) is 32.4 Å². The number of carbonyl (C=O) groups is 3. The molecule has 0 saturated carbocycles. The van der Waals surface area contributed by atoms with E-state index in [9.17, 15) is 14.4 Å². The number of ether oxygens (including phenoxy) is 1. The van der Waals surface area contributed by atoms with Gasteiger partial charge in [-0.2, -0.15) is 0 Å². The summed E-state index contributed by atoms with van der Waals surface area (Å²) in [5.41, 5.74) is 2.24. The summed E-state index contributed by atoms with van der Waals surface area (Å²) in [6, 6.07) is 5.31. The number of urea groups is 1. The zero-order chi connectivity index (χ0) is 16.7. The largest absolute Gasteiger partial charge is 0.452 e. The topological polar surface area (TPSA) is 84.5 Å². The first kappa shape index (κ1) is 18.0. The maximum absolute atomic E-state index is 11.7. The van der Waals surface area contributed by atoms with Crippen molar-refractivity contribution in [3.63, 3.8) is 0 Å². The number of rotatable bonds is 5. The molecule has 22 heavy (non-hydrogen) atoms. The minimum atomic E-state index is -1.02. The van der Waals surface area contributed by atoms with Gasteiger partial charge in [0.2, 0.25) is 0 Å². The van der Waals surface area contributed by atoms with E-state index in [2.05, 4.69) is 10.6 Å². The second-order valence-corrected chi connectivity index (χ2v) is 5.78. The van der Waals surface area contributed by atoms with Gasteiger partial charge in [-0.3, -0.25) is 14.9 Å². The van der Waals surface area contributed by atoms with E-state index >= 15 is 0 Å². The molecule has 1 atom stereocenters. The Bertz CT molecular complexity index is 575. The second-order valence-electron chi connectivity index (χ2n) is 4.76. The van der Waals surface area contributed by atoms with Gasteiger partial charge >= 0.3 is 12.0 Å². The molecule has 0 fully saturated rings. The second kappa shape index (κ2) is 8.43. The molecule has 3 amide bonds. The van der Waals surface area contributed by atoms with E-state index in [4.69, 9.17) is 4.74 Å². The lowest BCUT2D eigenvalue weighted by atomic mass is 10.2. The Kier molecular flexibility index (Phi) is 6.91. The number of nitrogens with one attached hydrogen (secondary N) is 2. The van der Waals surface area contributed by atoms with Crippen LogP contribution in [0.5, 0.6) is 0 Å². The van der Waals surface area contributed by atoms with Gasteiger partial charge in [-0.1, -0.05) is 17.7 Å². The molecular formula is C15H20N2O4S. The average molecular weight is 324 g/mol. The number of hydrogen-bond acceptors (Lipinski definition) is 5. The highest BCUT2D eigenvalue weighted by Gasteiger charge is 2.19. The third kappa shape index (κ3) is 5.77. The number of aryl methyl sites for hydroxylation is 2. The zero-order valence-corrected chi connectivity index (χ0v) is 13.9. The molecule has 0 unspecified atom stereocenters. The van der Waals surface area contributed by atoms with Crippen molar-refractivity contribution >= 4 is 29.7 Å². The van der Waals surface area contributed by atoms with Crippen LogP contribution in [0.15, 0.2) is 23.1 Å². The molecule has 7 heteroatoms. The fourth-order valence-corrected chi connectivity index (χ4v) is 2.45. The van der Waals surface area contributed by atoms with Crippen LogP contribution in [0.1, 0.15) is 18.1 Å². The summed E-state index contributed by atoms with van der Waals surface area (Å²) < 4.78 is 4.99. The van der Waals surface area contributed by atoms with Gasteiger partial charge in [0.15, 0.2) is 6.10 Å². The van der Waals surface area contributed by atoms with Crippen LogP contribution in [0.3, 0.4) is 0 Å². The lowest BCUT2D eigenvalue weighted by Gasteiger charge is -2.13. The standard InChI is InChI=1S/C15H20N2O4S/c1-9-5-6-12(10(2)7-9)22-8-13(18)21-11(3)14(19)17-15(20)16-4/h5-7,11H,8H2,1-4H3,(H2,16,17,19,20)/t11-/m0/s1. The Labute approximate surface area is 134 Å². The maximum atomic E-state index is 11.7. The number of hydrogen-bond donors (Lipinski definition) is 2. The van der Waals surface area contributed by atoms with Gasteiger partial charge in [0.05, 0.1) is 5.75 Å². The summed E-state index contributed by atoms with van der Waals surface area (Å²) in [5.74, 6) is -1.07. The maximum Gasteiger partial charge on any atom is 0.321 e. The molecule has 0 heterocycles. The molecule has 0 aromatic heterocycles. The van der Waals surface area contributed by atoms with Crippen LogP contribution < -0.4 is 10.6 Å². The van der Waals surface area contributed by atoms with E-state index in [-0.39, 0.29) is 5.75 Å². The van der Waals surface area contributed by atoms with E-state index in [1.165, 1.54) is 25.7 Å². The van der Waals surface area contributed by atoms with Crippen LogP contribution in [-0.4, -0.2) is 36.8 Å². The molecular weight excluding hydrogens is 304 g/mol. The molecule has 0 spiro atoms. The van der Waals surface area contributed by atoms with Gasteiger partial charge < -0.3 is 10.1 Å². The van der Waals surface area contributed by atoms with Crippen molar-refractivity contribution in [2.45, 2.75) is 31.8 Å². The predicted molar refractivity (Wildman–Crippen MR) is 84.8 cm³/mol. The van der Waals surface area contributed by atoms with E-state index < -0.39 is 24.0 Å². The molecule has 0 aliphatic carbocycles. The van der Waals surface area contributed by atoms with Crippen molar-refractivity contribution in [1.29, 1.82) is 0 Å². The monoisotopic (exact) mass is 324 g/mol. The first-order valence-corrected chi connectivity index (χ1v) is 7.74. The van der Waals surface area contributed by atoms with Crippen molar-refractivity contribution in [1.82, 2.24) is 10.6 Å². The van der Waals surface area contributed by atoms with Gasteiger partial charge in [0, 0.05) is 11.9 Å². The van der Waals surface area contributed by atoms with Crippen LogP contribution in [0, 0.1) is 13.8 Å². The van der Waals surface area contributed by atoms with Gasteiger partial charge in [0.1, 0.15) is 0 Å². The molecule has 6 nitrogen and oxygen atoms in total. The third-order valence-electron chi connectivity index (χ3n) is 2.82. The number of thioether (sulfide) groups is 1. The molecule has 0 bridgehead atoms. The van der Waals surface area contributed by atoms with Crippen molar-refractivity contribution in [3.8, 4) is 0 Å². The molecule has 2 N–H and O–H groups in total. The van der Waals surface area contributed by atoms with Crippen molar-refractivity contribution in [2.24, 2.45) is 0 Å². The van der Waals surface area contributed by atoms with Crippen LogP contribution in [0.25, 0.3) is 0 Å². The quantitative estimate of drug-likeness (QED) is 0.637. The summed E-state index contributed by atoms with van der Waals surface area (Å²) in [6.45, 7) is 5.39. The summed E-state index contributed by atoms with van der Waals surface area (Å²) >= 11 is 1.35. The summed E-state index contributed by atoms with van der Waals surface area (Å²) in [5, 5.41) is 4.30. The minimum absolute atomic E-state index is 0.0987. The number of amides is 3. The first-order valence-electron chi connectivity index (χ1n) is 6.75. The van der Waals surface area contributed by atoms with E-state index in [1.54, 1.807) is 0 Å². The number of imide groups is 1. The number of esters is 1. The Balaban J connectivity index is 2.45. The Morgan fingerprint density at radius 3 is 2.55 bits per heavy atom. The van der Waals surface area contributed by atoms with Crippen molar-refractivity contribution < 1.29 is 19.1 Å². The summed E-state index contributed by atoms with van der Waals surface area (Å²) in [7, 11) is 1.39. The molecule has 1 aromatic carbocycles. The average Bonchev–Trinajstić information content (AvgIpc) is 2.45. The van der Waals surface area contributed by atoms with Gasteiger partial charge in [0.25, 0.3) is 5.91 Å². The molecule has 0 saturated heterocycles. The molecule has 120 valence electrons. The molecule has 1 aromatic rings. The van der Waals surface area contributed by atoms with Crippen molar-refractivity contribution in [3.05, 3.63) is 29.3 Å². The van der Waals surface area contributed by atoms with Crippen LogP contribution in [0.4, 0.5) is 4.79 Å². The van der Waals surface area contributed by atoms with E-state index in [0.29, 0.717) is 0 Å². The van der Waals surface area contributed by atoms with Crippen LogP contribution in [0.2, 0.25) is 0 Å². The first-order chi connectivity index (χ1) is 10.3. The third-order valence-corrected chi connectivity index (χ3v) is 3.97. The van der Waals surface area contributed by atoms with Gasteiger partial charge in [-0.15, -0.1) is 11.8 Å². The Morgan fingerprint density at radius 2 is 1.95 bits per heavy atom.